The molecule has 0 aromatic rings. The minimum absolute atomic E-state index is 0.127. The van der Waals surface area contributed by atoms with Crippen LogP contribution in [0, 0.1) is 5.41 Å². The SMILES string of the molecule is O=C(NCCN1CCOCC1)N1CCC[C@@]2(CC=CCC2)C1. The maximum Gasteiger partial charge on any atom is 0.317 e. The summed E-state index contributed by atoms with van der Waals surface area (Å²) in [6.45, 7) is 7.10. The van der Waals surface area contributed by atoms with Gasteiger partial charge in [-0.25, -0.2) is 4.79 Å². The van der Waals surface area contributed by atoms with Crippen molar-refractivity contribution in [2.75, 3.05) is 52.5 Å². The van der Waals surface area contributed by atoms with Gasteiger partial charge in [0.25, 0.3) is 0 Å². The van der Waals surface area contributed by atoms with E-state index in [1.165, 1.54) is 19.3 Å². The van der Waals surface area contributed by atoms with Crippen molar-refractivity contribution < 1.29 is 9.53 Å². The maximum absolute atomic E-state index is 12.4. The topological polar surface area (TPSA) is 44.8 Å². The van der Waals surface area contributed by atoms with E-state index in [0.717, 1.165) is 65.3 Å². The van der Waals surface area contributed by atoms with E-state index in [-0.39, 0.29) is 6.03 Å². The number of hydrogen-bond acceptors (Lipinski definition) is 3. The maximum atomic E-state index is 12.4. The highest BCUT2D eigenvalue weighted by atomic mass is 16.5. The second-order valence-corrected chi connectivity index (χ2v) is 6.93. The molecule has 2 aliphatic heterocycles. The van der Waals surface area contributed by atoms with E-state index in [1.807, 2.05) is 4.90 Å². The number of hydrogen-bond donors (Lipinski definition) is 1. The van der Waals surface area contributed by atoms with E-state index in [0.29, 0.717) is 5.41 Å². The van der Waals surface area contributed by atoms with Gasteiger partial charge in [0.1, 0.15) is 0 Å². The summed E-state index contributed by atoms with van der Waals surface area (Å²) in [5, 5.41) is 3.11. The molecule has 1 aliphatic carbocycles. The molecule has 0 aromatic heterocycles. The van der Waals surface area contributed by atoms with E-state index in [1.54, 1.807) is 0 Å². The Bertz CT molecular complexity index is 407. The minimum Gasteiger partial charge on any atom is -0.379 e. The number of ether oxygens (including phenoxy) is 1. The first-order chi connectivity index (χ1) is 10.8. The van der Waals surface area contributed by atoms with Gasteiger partial charge >= 0.3 is 6.03 Å². The summed E-state index contributed by atoms with van der Waals surface area (Å²) in [6.07, 6.45) is 10.6. The van der Waals surface area contributed by atoms with Crippen molar-refractivity contribution in [2.24, 2.45) is 5.41 Å². The predicted octanol–water partition coefficient (Wildman–Crippen LogP) is 1.85. The Morgan fingerprint density at radius 2 is 2.05 bits per heavy atom. The zero-order valence-electron chi connectivity index (χ0n) is 13.6. The molecule has 3 rings (SSSR count). The first-order valence-electron chi connectivity index (χ1n) is 8.75. The van der Waals surface area contributed by atoms with Gasteiger partial charge in [-0.05, 0) is 37.5 Å². The summed E-state index contributed by atoms with van der Waals surface area (Å²) in [6, 6.07) is 0.127. The van der Waals surface area contributed by atoms with Crippen molar-refractivity contribution in [3.05, 3.63) is 12.2 Å². The molecule has 2 saturated heterocycles. The van der Waals surface area contributed by atoms with E-state index in [4.69, 9.17) is 4.74 Å². The predicted molar refractivity (Wildman–Crippen MR) is 86.9 cm³/mol. The average Bonchev–Trinajstić information content (AvgIpc) is 2.56. The summed E-state index contributed by atoms with van der Waals surface area (Å²) in [7, 11) is 0. The number of amides is 2. The van der Waals surface area contributed by atoms with Gasteiger partial charge in [0.2, 0.25) is 0 Å². The molecule has 1 spiro atoms. The van der Waals surface area contributed by atoms with Gasteiger partial charge in [-0.2, -0.15) is 0 Å². The van der Waals surface area contributed by atoms with Crippen LogP contribution in [-0.4, -0.2) is 68.3 Å². The summed E-state index contributed by atoms with van der Waals surface area (Å²) in [4.78, 5) is 16.8. The van der Waals surface area contributed by atoms with Crippen molar-refractivity contribution in [3.63, 3.8) is 0 Å². The molecule has 1 N–H and O–H groups in total. The van der Waals surface area contributed by atoms with Crippen LogP contribution >= 0.6 is 0 Å². The largest absolute Gasteiger partial charge is 0.379 e. The fourth-order valence-electron chi connectivity index (χ4n) is 3.95. The third-order valence-corrected chi connectivity index (χ3v) is 5.32. The van der Waals surface area contributed by atoms with Crippen LogP contribution in [0.1, 0.15) is 32.1 Å². The fraction of sp³-hybridized carbons (Fsp3) is 0.824. The Balaban J connectivity index is 1.42. The Morgan fingerprint density at radius 1 is 1.18 bits per heavy atom. The lowest BCUT2D eigenvalue weighted by molar-refractivity contribution is 0.0383. The number of urea groups is 1. The highest BCUT2D eigenvalue weighted by Crippen LogP contribution is 2.40. The van der Waals surface area contributed by atoms with Crippen LogP contribution in [0.4, 0.5) is 4.79 Å². The van der Waals surface area contributed by atoms with Gasteiger partial charge < -0.3 is 15.0 Å². The summed E-state index contributed by atoms with van der Waals surface area (Å²) < 4.78 is 5.34. The zero-order chi connectivity index (χ0) is 15.3. The van der Waals surface area contributed by atoms with Crippen LogP contribution < -0.4 is 5.32 Å². The summed E-state index contributed by atoms with van der Waals surface area (Å²) in [5.41, 5.74) is 0.356. The monoisotopic (exact) mass is 307 g/mol. The van der Waals surface area contributed by atoms with Crippen molar-refractivity contribution in [1.29, 1.82) is 0 Å². The molecule has 0 unspecified atom stereocenters. The molecular formula is C17H29N3O2. The molecule has 3 aliphatic rings. The Hall–Kier alpha value is -1.07. The summed E-state index contributed by atoms with van der Waals surface area (Å²) in [5.74, 6) is 0. The van der Waals surface area contributed by atoms with Gasteiger partial charge in [-0.3, -0.25) is 4.90 Å². The van der Waals surface area contributed by atoms with Crippen molar-refractivity contribution in [3.8, 4) is 0 Å². The molecule has 0 saturated carbocycles. The second kappa shape index (κ2) is 7.47. The lowest BCUT2D eigenvalue weighted by Gasteiger charge is -2.43. The van der Waals surface area contributed by atoms with Gasteiger partial charge in [0.15, 0.2) is 0 Å². The van der Waals surface area contributed by atoms with Crippen molar-refractivity contribution in [1.82, 2.24) is 15.1 Å². The van der Waals surface area contributed by atoms with Crippen LogP contribution in [0.15, 0.2) is 12.2 Å². The number of rotatable bonds is 3. The highest BCUT2D eigenvalue weighted by molar-refractivity contribution is 5.74. The van der Waals surface area contributed by atoms with E-state index in [2.05, 4.69) is 22.4 Å². The lowest BCUT2D eigenvalue weighted by atomic mass is 9.71. The Morgan fingerprint density at radius 3 is 2.82 bits per heavy atom. The van der Waals surface area contributed by atoms with E-state index < -0.39 is 0 Å². The average molecular weight is 307 g/mol. The third-order valence-electron chi connectivity index (χ3n) is 5.32. The molecular weight excluding hydrogens is 278 g/mol. The van der Waals surface area contributed by atoms with Crippen LogP contribution in [0.5, 0.6) is 0 Å². The quantitative estimate of drug-likeness (QED) is 0.809. The van der Waals surface area contributed by atoms with Crippen LogP contribution in [0.3, 0.4) is 0 Å². The summed E-state index contributed by atoms with van der Waals surface area (Å²) >= 11 is 0. The zero-order valence-corrected chi connectivity index (χ0v) is 13.6. The normalized spacial score (nSPS) is 29.7. The van der Waals surface area contributed by atoms with E-state index in [9.17, 15) is 4.79 Å². The number of morpholine rings is 1. The number of nitrogens with one attached hydrogen (secondary N) is 1. The number of piperidine rings is 1. The molecule has 2 heterocycles. The molecule has 0 bridgehead atoms. The standard InChI is InChI=1S/C17H29N3O2/c21-16(18-8-10-19-11-13-22-14-12-19)20-9-4-7-17(15-20)5-2-1-3-6-17/h1-2H,3-15H2,(H,18,21)/t17-/m0/s1. The van der Waals surface area contributed by atoms with Gasteiger partial charge in [0, 0.05) is 39.3 Å². The van der Waals surface area contributed by atoms with E-state index >= 15 is 0 Å². The van der Waals surface area contributed by atoms with Gasteiger partial charge in [0.05, 0.1) is 13.2 Å². The number of likely N-dealkylation sites (tertiary alicyclic amines) is 1. The van der Waals surface area contributed by atoms with Crippen LogP contribution in [0.25, 0.3) is 0 Å². The minimum atomic E-state index is 0.127. The smallest absolute Gasteiger partial charge is 0.317 e. The number of allylic oxidation sites excluding steroid dienone is 2. The molecule has 2 amide bonds. The van der Waals surface area contributed by atoms with Gasteiger partial charge in [-0.15, -0.1) is 0 Å². The molecule has 2 fully saturated rings. The molecule has 0 aromatic carbocycles. The Kier molecular flexibility index (Phi) is 5.37. The number of nitrogens with zero attached hydrogens (tertiary/aromatic N) is 2. The molecule has 124 valence electrons. The third kappa shape index (κ3) is 4.02. The number of carbonyl (C=O) groups is 1. The van der Waals surface area contributed by atoms with Crippen molar-refractivity contribution in [2.45, 2.75) is 32.1 Å². The molecule has 22 heavy (non-hydrogen) atoms. The van der Waals surface area contributed by atoms with Crippen LogP contribution in [0.2, 0.25) is 0 Å². The molecule has 0 radical (unpaired) electrons. The highest BCUT2D eigenvalue weighted by Gasteiger charge is 2.36. The molecule has 1 atom stereocenters. The first kappa shape index (κ1) is 15.8. The number of carbonyl (C=O) groups excluding carboxylic acids is 1. The van der Waals surface area contributed by atoms with Gasteiger partial charge in [-0.1, -0.05) is 12.2 Å². The fourth-order valence-corrected chi connectivity index (χ4v) is 3.95. The lowest BCUT2D eigenvalue weighted by Crippen LogP contribution is -2.51. The van der Waals surface area contributed by atoms with Crippen LogP contribution in [-0.2, 0) is 4.74 Å². The molecule has 5 nitrogen and oxygen atoms in total. The second-order valence-electron chi connectivity index (χ2n) is 6.93. The Labute approximate surface area is 133 Å². The van der Waals surface area contributed by atoms with Crippen molar-refractivity contribution >= 4 is 6.03 Å². The molecule has 5 heteroatoms. The first-order valence-corrected chi connectivity index (χ1v) is 8.75.